The summed E-state index contributed by atoms with van der Waals surface area (Å²) in [7, 11) is 1.58. The highest BCUT2D eigenvalue weighted by Gasteiger charge is 2.47. The normalized spacial score (nSPS) is 16.9. The molecule has 0 aliphatic carbocycles. The zero-order valence-electron chi connectivity index (χ0n) is 20.6. The molecule has 0 spiro atoms. The molecule has 1 saturated heterocycles. The molecule has 1 unspecified atom stereocenters. The van der Waals surface area contributed by atoms with Crippen molar-refractivity contribution in [1.82, 2.24) is 0 Å². The maximum atomic E-state index is 13.4. The van der Waals surface area contributed by atoms with Crippen LogP contribution in [0.15, 0.2) is 78.4 Å². The van der Waals surface area contributed by atoms with E-state index in [0.29, 0.717) is 28.3 Å². The number of ether oxygens (including phenoxy) is 1. The minimum absolute atomic E-state index is 0.0111. The largest absolute Gasteiger partial charge is 0.507 e. The van der Waals surface area contributed by atoms with Crippen molar-refractivity contribution in [2.75, 3.05) is 17.3 Å². The highest BCUT2D eigenvalue weighted by molar-refractivity contribution is 6.51. The van der Waals surface area contributed by atoms with Crippen molar-refractivity contribution < 1.29 is 24.2 Å². The Labute approximate surface area is 210 Å². The molecule has 1 atom stereocenters. The standard InChI is InChI=1S/C29H28N2O5/c1-17(2)23-16-20(10-15-24(23)36-4)27(33)25-26(19-8-6-5-7-9-19)31(29(35)28(25)34)22-13-11-21(12-14-22)30-18(3)32/h5-17,26,33H,1-4H3,(H,30,32)/b27-25-. The van der Waals surface area contributed by atoms with Gasteiger partial charge in [-0.25, -0.2) is 0 Å². The number of ketones is 1. The number of benzene rings is 3. The predicted molar refractivity (Wildman–Crippen MR) is 139 cm³/mol. The Hall–Kier alpha value is -4.39. The van der Waals surface area contributed by atoms with E-state index in [1.165, 1.54) is 11.8 Å². The summed E-state index contributed by atoms with van der Waals surface area (Å²) in [4.78, 5) is 39.4. The van der Waals surface area contributed by atoms with E-state index in [0.717, 1.165) is 5.56 Å². The van der Waals surface area contributed by atoms with Gasteiger partial charge >= 0.3 is 0 Å². The Morgan fingerprint density at radius 3 is 2.25 bits per heavy atom. The smallest absolute Gasteiger partial charge is 0.300 e. The number of methoxy groups -OCH3 is 1. The first-order valence-corrected chi connectivity index (χ1v) is 11.6. The van der Waals surface area contributed by atoms with E-state index in [1.807, 2.05) is 44.2 Å². The second-order valence-electron chi connectivity index (χ2n) is 8.92. The van der Waals surface area contributed by atoms with E-state index >= 15 is 0 Å². The third kappa shape index (κ3) is 4.60. The number of hydrogen-bond donors (Lipinski definition) is 2. The van der Waals surface area contributed by atoms with Crippen molar-refractivity contribution in [3.05, 3.63) is 95.1 Å². The van der Waals surface area contributed by atoms with Crippen LogP contribution in [-0.2, 0) is 14.4 Å². The van der Waals surface area contributed by atoms with Gasteiger partial charge in [-0.1, -0.05) is 44.2 Å². The van der Waals surface area contributed by atoms with Crippen molar-refractivity contribution in [3.63, 3.8) is 0 Å². The van der Waals surface area contributed by atoms with Crippen LogP contribution in [0.5, 0.6) is 5.75 Å². The Bertz CT molecular complexity index is 1340. The summed E-state index contributed by atoms with van der Waals surface area (Å²) in [5.41, 5.74) is 3.04. The predicted octanol–water partition coefficient (Wildman–Crippen LogP) is 5.40. The molecule has 1 fully saturated rings. The highest BCUT2D eigenvalue weighted by Crippen LogP contribution is 2.43. The molecule has 3 aromatic rings. The minimum atomic E-state index is -0.831. The molecule has 1 heterocycles. The van der Waals surface area contributed by atoms with Gasteiger partial charge in [0.25, 0.3) is 11.7 Å². The Morgan fingerprint density at radius 2 is 1.67 bits per heavy atom. The first-order chi connectivity index (χ1) is 17.2. The number of anilines is 2. The number of Topliss-reactive ketones (excluding diaryl/α,β-unsaturated/α-hetero) is 1. The zero-order chi connectivity index (χ0) is 26.0. The quantitative estimate of drug-likeness (QED) is 0.277. The number of nitrogens with zero attached hydrogens (tertiary/aromatic N) is 1. The lowest BCUT2D eigenvalue weighted by molar-refractivity contribution is -0.132. The molecule has 36 heavy (non-hydrogen) atoms. The molecular weight excluding hydrogens is 456 g/mol. The average Bonchev–Trinajstić information content (AvgIpc) is 3.14. The van der Waals surface area contributed by atoms with E-state index in [9.17, 15) is 19.5 Å². The fourth-order valence-corrected chi connectivity index (χ4v) is 4.45. The number of carbonyl (C=O) groups excluding carboxylic acids is 3. The SMILES string of the molecule is COc1ccc(/C(O)=C2/C(=O)C(=O)N(c3ccc(NC(C)=O)cc3)C2c2ccccc2)cc1C(C)C. The third-order valence-corrected chi connectivity index (χ3v) is 6.15. The summed E-state index contributed by atoms with van der Waals surface area (Å²) in [6.45, 7) is 5.43. The molecule has 1 aliphatic heterocycles. The van der Waals surface area contributed by atoms with Crippen LogP contribution in [0, 0.1) is 0 Å². The maximum Gasteiger partial charge on any atom is 0.300 e. The van der Waals surface area contributed by atoms with Crippen LogP contribution < -0.4 is 15.0 Å². The van der Waals surface area contributed by atoms with Gasteiger partial charge in [-0.15, -0.1) is 0 Å². The summed E-state index contributed by atoms with van der Waals surface area (Å²) in [5, 5.41) is 14.1. The monoisotopic (exact) mass is 484 g/mol. The van der Waals surface area contributed by atoms with Gasteiger partial charge in [-0.3, -0.25) is 19.3 Å². The number of aliphatic hydroxyl groups excluding tert-OH is 1. The lowest BCUT2D eigenvalue weighted by atomic mass is 9.93. The van der Waals surface area contributed by atoms with Gasteiger partial charge in [0.15, 0.2) is 0 Å². The summed E-state index contributed by atoms with van der Waals surface area (Å²) in [6.07, 6.45) is 0. The maximum absolute atomic E-state index is 13.4. The molecule has 0 radical (unpaired) electrons. The molecule has 2 N–H and O–H groups in total. The van der Waals surface area contributed by atoms with E-state index in [-0.39, 0.29) is 23.2 Å². The molecule has 1 aliphatic rings. The van der Waals surface area contributed by atoms with Crippen LogP contribution in [0.2, 0.25) is 0 Å². The summed E-state index contributed by atoms with van der Waals surface area (Å²) in [6, 6.07) is 20.1. The van der Waals surface area contributed by atoms with Gasteiger partial charge in [0.05, 0.1) is 18.7 Å². The minimum Gasteiger partial charge on any atom is -0.507 e. The lowest BCUT2D eigenvalue weighted by Crippen LogP contribution is -2.29. The summed E-state index contributed by atoms with van der Waals surface area (Å²) in [5.74, 6) is -1.18. The first-order valence-electron chi connectivity index (χ1n) is 11.6. The van der Waals surface area contributed by atoms with Crippen LogP contribution in [0.4, 0.5) is 11.4 Å². The third-order valence-electron chi connectivity index (χ3n) is 6.15. The van der Waals surface area contributed by atoms with Crippen LogP contribution in [-0.4, -0.2) is 29.8 Å². The van der Waals surface area contributed by atoms with Crippen molar-refractivity contribution in [3.8, 4) is 5.75 Å². The first kappa shape index (κ1) is 24.7. The van der Waals surface area contributed by atoms with Crippen molar-refractivity contribution >= 4 is 34.7 Å². The number of carbonyl (C=O) groups is 3. The molecule has 0 bridgehead atoms. The average molecular weight is 485 g/mol. The van der Waals surface area contributed by atoms with Gasteiger partial charge in [0.1, 0.15) is 11.5 Å². The molecule has 7 heteroatoms. The van der Waals surface area contributed by atoms with Gasteiger partial charge in [-0.05, 0) is 59.5 Å². The molecule has 184 valence electrons. The number of nitrogens with one attached hydrogen (secondary N) is 1. The highest BCUT2D eigenvalue weighted by atomic mass is 16.5. The molecule has 0 saturated carbocycles. The van der Waals surface area contributed by atoms with Gasteiger partial charge < -0.3 is 15.2 Å². The number of aliphatic hydroxyl groups is 1. The number of hydrogen-bond acceptors (Lipinski definition) is 5. The van der Waals surface area contributed by atoms with E-state index < -0.39 is 17.7 Å². The van der Waals surface area contributed by atoms with Gasteiger partial charge in [0.2, 0.25) is 5.91 Å². The van der Waals surface area contributed by atoms with Crippen LogP contribution in [0.3, 0.4) is 0 Å². The zero-order valence-corrected chi connectivity index (χ0v) is 20.6. The molecule has 3 aromatic carbocycles. The summed E-state index contributed by atoms with van der Waals surface area (Å²) < 4.78 is 5.45. The Kier molecular flexibility index (Phi) is 6.92. The molecule has 2 amide bonds. The second-order valence-corrected chi connectivity index (χ2v) is 8.92. The van der Waals surface area contributed by atoms with Crippen LogP contribution in [0.1, 0.15) is 49.4 Å². The van der Waals surface area contributed by atoms with E-state index in [4.69, 9.17) is 4.74 Å². The molecule has 0 aromatic heterocycles. The molecule has 7 nitrogen and oxygen atoms in total. The molecular formula is C29H28N2O5. The second kappa shape index (κ2) is 10.1. The van der Waals surface area contributed by atoms with E-state index in [1.54, 1.807) is 49.6 Å². The fourth-order valence-electron chi connectivity index (χ4n) is 4.45. The van der Waals surface area contributed by atoms with Crippen molar-refractivity contribution in [2.24, 2.45) is 0 Å². The molecule has 4 rings (SSSR count). The van der Waals surface area contributed by atoms with E-state index in [2.05, 4.69) is 5.32 Å². The number of rotatable bonds is 6. The topological polar surface area (TPSA) is 95.9 Å². The van der Waals surface area contributed by atoms with Crippen LogP contribution >= 0.6 is 0 Å². The van der Waals surface area contributed by atoms with Gasteiger partial charge in [0, 0.05) is 23.9 Å². The summed E-state index contributed by atoms with van der Waals surface area (Å²) >= 11 is 0. The lowest BCUT2D eigenvalue weighted by Gasteiger charge is -2.25. The Morgan fingerprint density at radius 1 is 1.00 bits per heavy atom. The van der Waals surface area contributed by atoms with Gasteiger partial charge in [-0.2, -0.15) is 0 Å². The van der Waals surface area contributed by atoms with Crippen molar-refractivity contribution in [1.29, 1.82) is 0 Å². The van der Waals surface area contributed by atoms with Crippen molar-refractivity contribution in [2.45, 2.75) is 32.7 Å². The van der Waals surface area contributed by atoms with Crippen LogP contribution in [0.25, 0.3) is 5.76 Å². The fraction of sp³-hybridized carbons (Fsp3) is 0.207. The number of amides is 2. The Balaban J connectivity index is 1.88.